The van der Waals surface area contributed by atoms with E-state index in [9.17, 15) is 9.59 Å². The van der Waals surface area contributed by atoms with Crippen LogP contribution in [0.25, 0.3) is 0 Å². The topological polar surface area (TPSA) is 75.9 Å². The van der Waals surface area contributed by atoms with Gasteiger partial charge in [-0.25, -0.2) is 4.98 Å². The van der Waals surface area contributed by atoms with Gasteiger partial charge in [0.25, 0.3) is 5.91 Å². The second-order valence-corrected chi connectivity index (χ2v) is 6.24. The zero-order valence-electron chi connectivity index (χ0n) is 13.7. The molecule has 0 saturated carbocycles. The normalized spacial score (nSPS) is 24.7. The summed E-state index contributed by atoms with van der Waals surface area (Å²) < 4.78 is 10.2. The summed E-state index contributed by atoms with van der Waals surface area (Å²) in [7, 11) is 1.63. The Bertz CT molecular complexity index is 600. The summed E-state index contributed by atoms with van der Waals surface area (Å²) in [4.78, 5) is 33.5. The number of carbonyl (C=O) groups is 2. The van der Waals surface area contributed by atoms with Gasteiger partial charge in [0, 0.05) is 26.7 Å². The van der Waals surface area contributed by atoms with Gasteiger partial charge < -0.3 is 19.0 Å². The first-order chi connectivity index (χ1) is 11.1. The molecule has 2 aliphatic heterocycles. The molecule has 1 aromatic rings. The number of hydrogen-bond donors (Lipinski definition) is 0. The van der Waals surface area contributed by atoms with Crippen molar-refractivity contribution in [2.75, 3.05) is 33.4 Å². The van der Waals surface area contributed by atoms with Gasteiger partial charge in [-0.3, -0.25) is 9.59 Å². The van der Waals surface area contributed by atoms with Gasteiger partial charge in [-0.1, -0.05) is 0 Å². The summed E-state index contributed by atoms with van der Waals surface area (Å²) in [6.07, 6.45) is 4.46. The maximum atomic E-state index is 13.1. The number of oxazole rings is 1. The van der Waals surface area contributed by atoms with E-state index in [0.717, 1.165) is 32.2 Å². The SMILES string of the molecule is COCCN1CCCC2(CCCN2C(=O)c2ncoc2C)C1=O. The Labute approximate surface area is 135 Å². The fourth-order valence-electron chi connectivity index (χ4n) is 3.78. The third-order valence-corrected chi connectivity index (χ3v) is 4.95. The molecule has 3 rings (SSSR count). The van der Waals surface area contributed by atoms with Crippen LogP contribution in [0.4, 0.5) is 0 Å². The molecule has 2 aliphatic rings. The molecule has 2 saturated heterocycles. The number of nitrogens with zero attached hydrogens (tertiary/aromatic N) is 3. The Balaban J connectivity index is 1.85. The minimum Gasteiger partial charge on any atom is -0.448 e. The van der Waals surface area contributed by atoms with Crippen molar-refractivity contribution in [3.8, 4) is 0 Å². The van der Waals surface area contributed by atoms with E-state index >= 15 is 0 Å². The fourth-order valence-corrected chi connectivity index (χ4v) is 3.78. The molecule has 2 fully saturated rings. The maximum Gasteiger partial charge on any atom is 0.276 e. The van der Waals surface area contributed by atoms with E-state index in [2.05, 4.69) is 4.98 Å². The number of hydrogen-bond acceptors (Lipinski definition) is 5. The lowest BCUT2D eigenvalue weighted by Crippen LogP contribution is -2.61. The first kappa shape index (κ1) is 16.0. The molecule has 0 aliphatic carbocycles. The number of rotatable bonds is 4. The zero-order chi connectivity index (χ0) is 16.4. The van der Waals surface area contributed by atoms with Crippen molar-refractivity contribution in [2.45, 2.75) is 38.1 Å². The van der Waals surface area contributed by atoms with Gasteiger partial charge in [0.2, 0.25) is 5.91 Å². The summed E-state index contributed by atoms with van der Waals surface area (Å²) >= 11 is 0. The summed E-state index contributed by atoms with van der Waals surface area (Å²) in [6.45, 7) is 4.13. The quantitative estimate of drug-likeness (QED) is 0.833. The second-order valence-electron chi connectivity index (χ2n) is 6.24. The first-order valence-electron chi connectivity index (χ1n) is 8.10. The van der Waals surface area contributed by atoms with Crippen LogP contribution in [0.15, 0.2) is 10.8 Å². The highest BCUT2D eigenvalue weighted by Gasteiger charge is 2.53. The minimum absolute atomic E-state index is 0.0489. The van der Waals surface area contributed by atoms with Crippen LogP contribution in [0.1, 0.15) is 41.9 Å². The van der Waals surface area contributed by atoms with Gasteiger partial charge in [0.05, 0.1) is 6.61 Å². The van der Waals surface area contributed by atoms with Gasteiger partial charge in [-0.15, -0.1) is 0 Å². The molecule has 2 amide bonds. The molecule has 1 unspecified atom stereocenters. The summed E-state index contributed by atoms with van der Waals surface area (Å²) in [5, 5.41) is 0. The van der Waals surface area contributed by atoms with Crippen LogP contribution in [0.2, 0.25) is 0 Å². The van der Waals surface area contributed by atoms with Crippen molar-refractivity contribution in [2.24, 2.45) is 0 Å². The Morgan fingerprint density at radius 2 is 2.13 bits per heavy atom. The highest BCUT2D eigenvalue weighted by atomic mass is 16.5. The molecule has 7 heteroatoms. The second kappa shape index (κ2) is 6.31. The Kier molecular flexibility index (Phi) is 4.39. The number of piperidine rings is 1. The van der Waals surface area contributed by atoms with Crippen LogP contribution in [0.3, 0.4) is 0 Å². The first-order valence-corrected chi connectivity index (χ1v) is 8.10. The maximum absolute atomic E-state index is 13.1. The number of methoxy groups -OCH3 is 1. The van der Waals surface area contributed by atoms with Crippen molar-refractivity contribution in [3.05, 3.63) is 17.8 Å². The van der Waals surface area contributed by atoms with Gasteiger partial charge in [0.15, 0.2) is 12.1 Å². The molecule has 1 aromatic heterocycles. The fraction of sp³-hybridized carbons (Fsp3) is 0.688. The summed E-state index contributed by atoms with van der Waals surface area (Å²) in [5.41, 5.74) is -0.401. The molecule has 1 spiro atoms. The monoisotopic (exact) mass is 321 g/mol. The largest absolute Gasteiger partial charge is 0.448 e. The van der Waals surface area contributed by atoms with Crippen LogP contribution in [-0.4, -0.2) is 65.5 Å². The van der Waals surface area contributed by atoms with Crippen molar-refractivity contribution in [3.63, 3.8) is 0 Å². The van der Waals surface area contributed by atoms with Crippen LogP contribution in [-0.2, 0) is 9.53 Å². The third kappa shape index (κ3) is 2.63. The van der Waals surface area contributed by atoms with E-state index in [0.29, 0.717) is 31.2 Å². The van der Waals surface area contributed by atoms with E-state index in [1.807, 2.05) is 4.90 Å². The number of amides is 2. The third-order valence-electron chi connectivity index (χ3n) is 4.95. The van der Waals surface area contributed by atoms with E-state index in [1.54, 1.807) is 18.9 Å². The van der Waals surface area contributed by atoms with E-state index in [-0.39, 0.29) is 11.8 Å². The van der Waals surface area contributed by atoms with Gasteiger partial charge in [-0.05, 0) is 32.6 Å². The zero-order valence-corrected chi connectivity index (χ0v) is 13.7. The molecule has 0 N–H and O–H groups in total. The van der Waals surface area contributed by atoms with E-state index < -0.39 is 5.54 Å². The lowest BCUT2D eigenvalue weighted by atomic mass is 9.85. The Morgan fingerprint density at radius 1 is 1.39 bits per heavy atom. The lowest BCUT2D eigenvalue weighted by molar-refractivity contribution is -0.146. The molecule has 3 heterocycles. The number of carbonyl (C=O) groups excluding carboxylic acids is 2. The van der Waals surface area contributed by atoms with Crippen LogP contribution in [0, 0.1) is 6.92 Å². The van der Waals surface area contributed by atoms with Gasteiger partial charge in [-0.2, -0.15) is 0 Å². The van der Waals surface area contributed by atoms with Gasteiger partial charge >= 0.3 is 0 Å². The average Bonchev–Trinajstić information content (AvgIpc) is 3.15. The average molecular weight is 321 g/mol. The van der Waals surface area contributed by atoms with Crippen LogP contribution in [0.5, 0.6) is 0 Å². The summed E-state index contributed by atoms with van der Waals surface area (Å²) in [6, 6.07) is 0. The standard InChI is InChI=1S/C16H23N3O4/c1-12-13(17-11-23-12)14(20)19-8-4-6-16(19)5-3-7-18(15(16)21)9-10-22-2/h11H,3-10H2,1-2H3. The summed E-state index contributed by atoms with van der Waals surface area (Å²) in [5.74, 6) is 0.347. The highest BCUT2D eigenvalue weighted by molar-refractivity contribution is 5.99. The van der Waals surface area contributed by atoms with Crippen LogP contribution >= 0.6 is 0 Å². The molecule has 7 nitrogen and oxygen atoms in total. The number of likely N-dealkylation sites (tertiary alicyclic amines) is 2. The Morgan fingerprint density at radius 3 is 2.78 bits per heavy atom. The molecule has 126 valence electrons. The molecule has 0 radical (unpaired) electrons. The van der Waals surface area contributed by atoms with Crippen molar-refractivity contribution < 1.29 is 18.7 Å². The minimum atomic E-state index is -0.714. The highest BCUT2D eigenvalue weighted by Crippen LogP contribution is 2.39. The molecule has 1 atom stereocenters. The van der Waals surface area contributed by atoms with E-state index in [4.69, 9.17) is 9.15 Å². The van der Waals surface area contributed by atoms with Crippen molar-refractivity contribution in [1.29, 1.82) is 0 Å². The predicted molar refractivity (Wildman–Crippen MR) is 81.9 cm³/mol. The van der Waals surface area contributed by atoms with Crippen molar-refractivity contribution in [1.82, 2.24) is 14.8 Å². The molecule has 23 heavy (non-hydrogen) atoms. The predicted octanol–water partition coefficient (Wildman–Crippen LogP) is 1.23. The molecule has 0 aromatic carbocycles. The number of aromatic nitrogens is 1. The Hall–Kier alpha value is -1.89. The van der Waals surface area contributed by atoms with Crippen LogP contribution < -0.4 is 0 Å². The lowest BCUT2D eigenvalue weighted by Gasteiger charge is -2.44. The van der Waals surface area contributed by atoms with Crippen molar-refractivity contribution >= 4 is 11.8 Å². The molecular weight excluding hydrogens is 298 g/mol. The number of ether oxygens (including phenoxy) is 1. The smallest absolute Gasteiger partial charge is 0.276 e. The van der Waals surface area contributed by atoms with E-state index in [1.165, 1.54) is 6.39 Å². The number of aryl methyl sites for hydroxylation is 1. The molecule has 0 bridgehead atoms. The van der Waals surface area contributed by atoms with Gasteiger partial charge in [0.1, 0.15) is 11.3 Å². The molecular formula is C16H23N3O4.